The molecule has 0 unspecified atom stereocenters. The van der Waals surface area contributed by atoms with Gasteiger partial charge in [0.05, 0.1) is 35.2 Å². The summed E-state index contributed by atoms with van der Waals surface area (Å²) in [6.45, 7) is 8.61. The van der Waals surface area contributed by atoms with Crippen LogP contribution in [0, 0.1) is 6.92 Å². The van der Waals surface area contributed by atoms with Crippen LogP contribution in [0.4, 0.5) is 5.82 Å². The second-order valence-corrected chi connectivity index (χ2v) is 12.2. The van der Waals surface area contributed by atoms with Crippen LogP contribution < -0.4 is 10.2 Å². The number of carbonyl (C=O) groups excluding carboxylic acids is 2. The van der Waals surface area contributed by atoms with Gasteiger partial charge in [0.25, 0.3) is 0 Å². The first kappa shape index (κ1) is 25.4. The molecule has 0 spiro atoms. The molecular formula is C28H30N4O3S2. The summed E-state index contributed by atoms with van der Waals surface area (Å²) in [5.41, 5.74) is 3.62. The Morgan fingerprint density at radius 3 is 2.59 bits per heavy atom. The molecule has 37 heavy (non-hydrogen) atoms. The van der Waals surface area contributed by atoms with E-state index in [4.69, 9.17) is 9.52 Å². The summed E-state index contributed by atoms with van der Waals surface area (Å²) >= 11 is 3.27. The van der Waals surface area contributed by atoms with Crippen LogP contribution in [-0.2, 0) is 21.5 Å². The van der Waals surface area contributed by atoms with Crippen molar-refractivity contribution in [3.8, 4) is 5.69 Å². The van der Waals surface area contributed by atoms with E-state index in [0.29, 0.717) is 11.6 Å². The van der Waals surface area contributed by atoms with Crippen molar-refractivity contribution in [2.24, 2.45) is 0 Å². The lowest BCUT2D eigenvalue weighted by atomic mass is 9.88. The van der Waals surface area contributed by atoms with Crippen LogP contribution in [0.3, 0.4) is 0 Å². The number of rotatable bonds is 6. The summed E-state index contributed by atoms with van der Waals surface area (Å²) in [6, 6.07) is 15.8. The number of thiophene rings is 1. The number of furan rings is 1. The smallest absolute Gasteiger partial charge is 0.240 e. The number of hydrogen-bond acceptors (Lipinski definition) is 6. The number of thioether (sulfide) groups is 1. The molecule has 5 rings (SSSR count). The second-order valence-electron chi connectivity index (χ2n) is 10.1. The number of anilines is 1. The van der Waals surface area contributed by atoms with Gasteiger partial charge in [0.1, 0.15) is 18.1 Å². The van der Waals surface area contributed by atoms with Gasteiger partial charge in [-0.1, -0.05) is 44.5 Å². The molecule has 1 aliphatic heterocycles. The Morgan fingerprint density at radius 2 is 1.95 bits per heavy atom. The minimum Gasteiger partial charge on any atom is -0.467 e. The Kier molecular flexibility index (Phi) is 7.00. The number of aromatic nitrogens is 2. The van der Waals surface area contributed by atoms with Crippen molar-refractivity contribution in [2.45, 2.75) is 44.9 Å². The average molecular weight is 535 g/mol. The van der Waals surface area contributed by atoms with Crippen molar-refractivity contribution in [1.29, 1.82) is 0 Å². The lowest BCUT2D eigenvalue weighted by Crippen LogP contribution is -2.42. The molecule has 0 saturated carbocycles. The molecular weight excluding hydrogens is 504 g/mol. The quantitative estimate of drug-likeness (QED) is 0.347. The number of nitrogens with one attached hydrogen (secondary N) is 1. The van der Waals surface area contributed by atoms with Crippen molar-refractivity contribution in [1.82, 2.24) is 15.1 Å². The molecule has 1 N–H and O–H groups in total. The summed E-state index contributed by atoms with van der Waals surface area (Å²) in [4.78, 5) is 29.5. The van der Waals surface area contributed by atoms with Crippen LogP contribution in [0.15, 0.2) is 64.6 Å². The van der Waals surface area contributed by atoms with Gasteiger partial charge in [-0.25, -0.2) is 4.68 Å². The normalized spacial score (nSPS) is 15.9. The maximum absolute atomic E-state index is 13.6. The van der Waals surface area contributed by atoms with E-state index in [1.165, 1.54) is 0 Å². The largest absolute Gasteiger partial charge is 0.467 e. The zero-order valence-corrected chi connectivity index (χ0v) is 23.0. The molecule has 4 heterocycles. The van der Waals surface area contributed by atoms with E-state index in [1.807, 2.05) is 41.9 Å². The maximum Gasteiger partial charge on any atom is 0.240 e. The lowest BCUT2D eigenvalue weighted by Gasteiger charge is -2.24. The third kappa shape index (κ3) is 5.24. The minimum atomic E-state index is -0.281. The first-order chi connectivity index (χ1) is 17.7. The van der Waals surface area contributed by atoms with E-state index in [-0.39, 0.29) is 41.3 Å². The highest BCUT2D eigenvalue weighted by Crippen LogP contribution is 2.49. The van der Waals surface area contributed by atoms with Gasteiger partial charge < -0.3 is 9.73 Å². The van der Waals surface area contributed by atoms with Crippen molar-refractivity contribution in [2.75, 3.05) is 17.2 Å². The van der Waals surface area contributed by atoms with Gasteiger partial charge in [0, 0.05) is 15.9 Å². The fraction of sp³-hybridized carbons (Fsp3) is 0.321. The van der Waals surface area contributed by atoms with E-state index in [2.05, 4.69) is 37.5 Å². The molecule has 7 nitrogen and oxygen atoms in total. The molecule has 0 fully saturated rings. The molecule has 1 aliphatic rings. The number of fused-ring (bicyclic) bond motifs is 1. The van der Waals surface area contributed by atoms with Gasteiger partial charge in [-0.05, 0) is 42.6 Å². The highest BCUT2D eigenvalue weighted by Gasteiger charge is 2.40. The number of hydrogen-bond donors (Lipinski definition) is 1. The van der Waals surface area contributed by atoms with E-state index < -0.39 is 0 Å². The minimum absolute atomic E-state index is 0.0662. The van der Waals surface area contributed by atoms with Crippen LogP contribution in [0.25, 0.3) is 5.69 Å². The second kappa shape index (κ2) is 10.2. The number of aryl methyl sites for hydroxylation is 1. The van der Waals surface area contributed by atoms with Crippen LogP contribution in [0.2, 0.25) is 0 Å². The Morgan fingerprint density at radius 1 is 1.16 bits per heavy atom. The molecule has 0 saturated heterocycles. The van der Waals surface area contributed by atoms with Crippen molar-refractivity contribution < 1.29 is 14.0 Å². The Balaban J connectivity index is 1.65. The molecule has 0 aliphatic carbocycles. The van der Waals surface area contributed by atoms with Gasteiger partial charge in [-0.3, -0.25) is 14.5 Å². The standard InChI is InChI=1S/C28H30N4O3S2/c1-18-9-11-19(12-10-18)32-27-24(26(30-32)28(2,3)4)25(21-8-6-14-36-21)37-17-23(34)31(27)16-22(33)29-15-20-7-5-13-35-20/h5-14,25H,15-17H2,1-4H3,(H,29,33)/t25-/m0/s1. The summed E-state index contributed by atoms with van der Waals surface area (Å²) < 4.78 is 7.19. The van der Waals surface area contributed by atoms with Gasteiger partial charge in [0.2, 0.25) is 11.8 Å². The predicted octanol–water partition coefficient (Wildman–Crippen LogP) is 5.62. The van der Waals surface area contributed by atoms with Crippen molar-refractivity contribution >= 4 is 40.7 Å². The van der Waals surface area contributed by atoms with Gasteiger partial charge >= 0.3 is 0 Å². The summed E-state index contributed by atoms with van der Waals surface area (Å²) in [7, 11) is 0. The Labute approximate surface area is 224 Å². The molecule has 4 aromatic rings. The lowest BCUT2D eigenvalue weighted by molar-refractivity contribution is -0.123. The van der Waals surface area contributed by atoms with Crippen molar-refractivity contribution in [3.63, 3.8) is 0 Å². The third-order valence-corrected chi connectivity index (χ3v) is 8.54. The fourth-order valence-electron chi connectivity index (χ4n) is 4.40. The molecule has 2 amide bonds. The molecule has 1 aromatic carbocycles. The number of nitrogens with zero attached hydrogens (tertiary/aromatic N) is 3. The SMILES string of the molecule is Cc1ccc(-n2nc(C(C)(C)C)c3c2N(CC(=O)NCc2ccco2)C(=O)CS[C@H]3c2cccs2)cc1. The molecule has 1 atom stereocenters. The Bertz CT molecular complexity index is 1380. The van der Waals surface area contributed by atoms with E-state index >= 15 is 0 Å². The maximum atomic E-state index is 13.6. The van der Waals surface area contributed by atoms with E-state index in [9.17, 15) is 9.59 Å². The first-order valence-electron chi connectivity index (χ1n) is 12.2. The Hall–Kier alpha value is -3.30. The van der Waals surface area contributed by atoms with E-state index in [1.54, 1.807) is 46.4 Å². The van der Waals surface area contributed by atoms with Crippen LogP contribution >= 0.6 is 23.1 Å². The topological polar surface area (TPSA) is 80.4 Å². The monoisotopic (exact) mass is 534 g/mol. The summed E-state index contributed by atoms with van der Waals surface area (Å²) in [5.74, 6) is 1.20. The van der Waals surface area contributed by atoms with Crippen LogP contribution in [-0.4, -0.2) is 33.9 Å². The van der Waals surface area contributed by atoms with Crippen molar-refractivity contribution in [3.05, 3.63) is 87.6 Å². The zero-order valence-electron chi connectivity index (χ0n) is 21.4. The summed E-state index contributed by atoms with van der Waals surface area (Å²) in [6.07, 6.45) is 1.57. The molecule has 3 aromatic heterocycles. The fourth-order valence-corrected chi connectivity index (χ4v) is 6.58. The summed E-state index contributed by atoms with van der Waals surface area (Å²) in [5, 5.41) is 9.99. The van der Waals surface area contributed by atoms with E-state index in [0.717, 1.165) is 27.4 Å². The molecule has 0 bridgehead atoms. The van der Waals surface area contributed by atoms with Gasteiger partial charge in [-0.2, -0.15) is 5.10 Å². The third-order valence-electron chi connectivity index (χ3n) is 6.22. The van der Waals surface area contributed by atoms with Gasteiger partial charge in [0.15, 0.2) is 0 Å². The van der Waals surface area contributed by atoms with Crippen LogP contribution in [0.5, 0.6) is 0 Å². The predicted molar refractivity (Wildman–Crippen MR) is 149 cm³/mol. The highest BCUT2D eigenvalue weighted by atomic mass is 32.2. The molecule has 0 radical (unpaired) electrons. The molecule has 192 valence electrons. The highest BCUT2D eigenvalue weighted by molar-refractivity contribution is 8.00. The number of carbonyl (C=O) groups is 2. The first-order valence-corrected chi connectivity index (χ1v) is 14.1. The molecule has 9 heteroatoms. The number of amides is 2. The van der Waals surface area contributed by atoms with Gasteiger partial charge in [-0.15, -0.1) is 23.1 Å². The zero-order chi connectivity index (χ0) is 26.2. The number of benzene rings is 1. The average Bonchev–Trinajstić information content (AvgIpc) is 3.62. The van der Waals surface area contributed by atoms with Crippen LogP contribution in [0.1, 0.15) is 53.5 Å².